The summed E-state index contributed by atoms with van der Waals surface area (Å²) in [6.07, 6.45) is -2.91. The maximum atomic E-state index is 13.3. The summed E-state index contributed by atoms with van der Waals surface area (Å²) in [5.74, 6) is 4.57. The number of H-pyrrole nitrogens is 1. The average Bonchev–Trinajstić information content (AvgIpc) is 3.56. The van der Waals surface area contributed by atoms with Crippen molar-refractivity contribution in [1.29, 1.82) is 0 Å². The van der Waals surface area contributed by atoms with Crippen LogP contribution in [0.3, 0.4) is 0 Å². The third-order valence-corrected chi connectivity index (χ3v) is 12.1. The first-order valence-electron chi connectivity index (χ1n) is 14.7. The predicted molar refractivity (Wildman–Crippen MR) is 189 cm³/mol. The number of aliphatic imine (C=N–C) groups is 1. The molecule has 0 aromatic carbocycles. The molecule has 3 N–H and O–H groups in total. The number of aromatic nitrogens is 3. The molecule has 1 unspecified atom stereocenters. The van der Waals surface area contributed by atoms with Crippen molar-refractivity contribution in [1.82, 2.24) is 24.8 Å². The van der Waals surface area contributed by atoms with Gasteiger partial charge in [0.15, 0.2) is 5.65 Å². The van der Waals surface area contributed by atoms with Crippen molar-refractivity contribution in [2.45, 2.75) is 75.1 Å². The van der Waals surface area contributed by atoms with Crippen LogP contribution in [0.15, 0.2) is 16.0 Å². The molecule has 0 bridgehead atoms. The second-order valence-corrected chi connectivity index (χ2v) is 18.4. The average molecular weight is 755 g/mol. The third kappa shape index (κ3) is 12.7. The summed E-state index contributed by atoms with van der Waals surface area (Å²) in [5, 5.41) is 12.2. The van der Waals surface area contributed by atoms with Gasteiger partial charge in [0.05, 0.1) is 30.0 Å². The van der Waals surface area contributed by atoms with Crippen molar-refractivity contribution < 1.29 is 37.3 Å². The van der Waals surface area contributed by atoms with Gasteiger partial charge in [0.25, 0.3) is 5.56 Å². The molecule has 0 radical (unpaired) electrons. The molecule has 3 heterocycles. The zero-order valence-corrected chi connectivity index (χ0v) is 30.9. The number of hydrogen-bond donors (Lipinski definition) is 3. The summed E-state index contributed by atoms with van der Waals surface area (Å²) in [6.45, 7) is 9.33. The van der Waals surface area contributed by atoms with Gasteiger partial charge >= 0.3 is 12.1 Å². The van der Waals surface area contributed by atoms with E-state index in [0.29, 0.717) is 23.6 Å². The molecule has 268 valence electrons. The SMILES string of the molecule is CN(C)/C=N\c1nc2c(c(C#CCOCSSC(C)(C)CNC(=O)C(F)(F)F)cn2[C@H]2CC(OCSSC(C)(C)C)[C@@H](CO)O2)c(=O)[nH]1. The Morgan fingerprint density at radius 1 is 1.25 bits per heavy atom. The van der Waals surface area contributed by atoms with Crippen LogP contribution in [-0.2, 0) is 19.0 Å². The minimum absolute atomic E-state index is 0.00862. The van der Waals surface area contributed by atoms with Gasteiger partial charge in [0.1, 0.15) is 30.8 Å². The fourth-order valence-corrected chi connectivity index (χ4v) is 8.22. The van der Waals surface area contributed by atoms with E-state index in [1.165, 1.54) is 27.9 Å². The van der Waals surface area contributed by atoms with Crippen LogP contribution in [-0.4, -0.2) is 110 Å². The number of fused-ring (bicyclic) bond motifs is 1. The van der Waals surface area contributed by atoms with Gasteiger partial charge in [-0.2, -0.15) is 18.2 Å². The predicted octanol–water partition coefficient (Wildman–Crippen LogP) is 4.91. The number of halogens is 3. The van der Waals surface area contributed by atoms with E-state index in [1.54, 1.807) is 65.2 Å². The first kappa shape index (κ1) is 40.4. The van der Waals surface area contributed by atoms with Crippen molar-refractivity contribution in [3.05, 3.63) is 22.1 Å². The Balaban J connectivity index is 1.72. The lowest BCUT2D eigenvalue weighted by atomic mass is 10.2. The number of aliphatic hydroxyl groups is 1. The highest BCUT2D eigenvalue weighted by molar-refractivity contribution is 8.77. The number of aliphatic hydroxyl groups excluding tert-OH is 1. The van der Waals surface area contributed by atoms with Gasteiger partial charge in [-0.25, -0.2) is 4.99 Å². The molecule has 3 atom stereocenters. The second kappa shape index (κ2) is 17.7. The van der Waals surface area contributed by atoms with E-state index in [1.807, 2.05) is 5.32 Å². The van der Waals surface area contributed by atoms with Crippen LogP contribution in [0.1, 0.15) is 52.8 Å². The van der Waals surface area contributed by atoms with Crippen molar-refractivity contribution >= 4 is 72.4 Å². The summed E-state index contributed by atoms with van der Waals surface area (Å²) >= 11 is 0. The number of carbonyl (C=O) groups is 1. The van der Waals surface area contributed by atoms with Crippen LogP contribution in [0.4, 0.5) is 19.1 Å². The number of ether oxygens (including phenoxy) is 3. The Hall–Kier alpha value is -2.05. The molecule has 1 aliphatic rings. The highest BCUT2D eigenvalue weighted by Crippen LogP contribution is 2.38. The molecule has 1 amide bonds. The monoisotopic (exact) mass is 754 g/mol. The maximum Gasteiger partial charge on any atom is 0.471 e. The fourth-order valence-electron chi connectivity index (χ4n) is 4.08. The van der Waals surface area contributed by atoms with Crippen molar-refractivity contribution in [2.75, 3.05) is 45.7 Å². The zero-order valence-electron chi connectivity index (χ0n) is 27.7. The summed E-state index contributed by atoms with van der Waals surface area (Å²) in [7, 11) is 9.39. The summed E-state index contributed by atoms with van der Waals surface area (Å²) in [4.78, 5) is 37.5. The lowest BCUT2D eigenvalue weighted by Gasteiger charge is -2.23. The Labute approximate surface area is 293 Å². The Morgan fingerprint density at radius 3 is 2.60 bits per heavy atom. The molecular formula is C29H41F3N6O6S4. The van der Waals surface area contributed by atoms with Crippen molar-refractivity contribution in [2.24, 2.45) is 4.99 Å². The van der Waals surface area contributed by atoms with Crippen LogP contribution in [0.2, 0.25) is 0 Å². The second-order valence-electron chi connectivity index (χ2n) is 12.3. The first-order chi connectivity index (χ1) is 22.4. The molecule has 48 heavy (non-hydrogen) atoms. The lowest BCUT2D eigenvalue weighted by Crippen LogP contribution is -2.42. The summed E-state index contributed by atoms with van der Waals surface area (Å²) in [5.41, 5.74) is 0.253. The highest BCUT2D eigenvalue weighted by Gasteiger charge is 2.40. The molecule has 2 aromatic heterocycles. The summed E-state index contributed by atoms with van der Waals surface area (Å²) < 4.78 is 56.2. The van der Waals surface area contributed by atoms with Crippen molar-refractivity contribution in [3.63, 3.8) is 0 Å². The number of amides is 1. The summed E-state index contributed by atoms with van der Waals surface area (Å²) in [6, 6.07) is 0. The minimum Gasteiger partial charge on any atom is -0.394 e. The van der Waals surface area contributed by atoms with E-state index < -0.39 is 34.7 Å². The molecule has 0 spiro atoms. The molecule has 0 saturated carbocycles. The van der Waals surface area contributed by atoms with Gasteiger partial charge < -0.3 is 34.1 Å². The van der Waals surface area contributed by atoms with E-state index in [9.17, 15) is 27.9 Å². The van der Waals surface area contributed by atoms with Gasteiger partial charge in [0.2, 0.25) is 5.95 Å². The van der Waals surface area contributed by atoms with Crippen LogP contribution in [0.5, 0.6) is 0 Å². The number of nitrogens with one attached hydrogen (secondary N) is 2. The van der Waals surface area contributed by atoms with Crippen LogP contribution < -0.4 is 10.9 Å². The molecule has 1 saturated heterocycles. The molecular weight excluding hydrogens is 714 g/mol. The topological polar surface area (TPSA) is 143 Å². The third-order valence-electron chi connectivity index (χ3n) is 6.14. The largest absolute Gasteiger partial charge is 0.471 e. The van der Waals surface area contributed by atoms with E-state index in [0.717, 1.165) is 0 Å². The fraction of sp³-hybridized carbons (Fsp3) is 0.655. The number of rotatable bonds is 15. The molecule has 3 rings (SSSR count). The quantitative estimate of drug-likeness (QED) is 0.0568. The van der Waals surface area contributed by atoms with Crippen LogP contribution in [0.25, 0.3) is 11.0 Å². The molecule has 1 aliphatic heterocycles. The maximum absolute atomic E-state index is 13.3. The van der Waals surface area contributed by atoms with Gasteiger partial charge in [0, 0.05) is 42.8 Å². The molecule has 0 aliphatic carbocycles. The Bertz CT molecular complexity index is 1530. The van der Waals surface area contributed by atoms with Gasteiger partial charge in [-0.1, -0.05) is 75.8 Å². The van der Waals surface area contributed by atoms with E-state index in [2.05, 4.69) is 47.6 Å². The standard InChI is InChI=1S/C29H41F3N6O6S4/c1-27(2,3)47-46-17-43-19-11-21(44-20(19)13-39)38-12-18(22-23(38)35-26(36-24(22)40)34-15-37(6)7)9-8-10-42-16-45-48-28(4,5)14-33-25(41)29(30,31)32/h12,15,19-21,39H,10-11,13-14,16-17H2,1-7H3,(H,33,41)(H,35,36,40)/b34-15-/t19?,20-,21-/m1/s1. The van der Waals surface area contributed by atoms with Crippen molar-refractivity contribution in [3.8, 4) is 11.8 Å². The number of hydrogen-bond acceptors (Lipinski definition) is 12. The Kier molecular flexibility index (Phi) is 14.9. The smallest absolute Gasteiger partial charge is 0.394 e. The molecule has 12 nitrogen and oxygen atoms in total. The molecule has 2 aromatic rings. The minimum atomic E-state index is -4.93. The van der Waals surface area contributed by atoms with Gasteiger partial charge in [-0.15, -0.1) is 0 Å². The first-order valence-corrected chi connectivity index (χ1v) is 19.3. The van der Waals surface area contributed by atoms with E-state index in [-0.39, 0.29) is 47.9 Å². The van der Waals surface area contributed by atoms with Crippen LogP contribution >= 0.6 is 43.2 Å². The Morgan fingerprint density at radius 2 is 1.96 bits per heavy atom. The molecule has 1 fully saturated rings. The highest BCUT2D eigenvalue weighted by atomic mass is 33.1. The van der Waals surface area contributed by atoms with Crippen LogP contribution in [0, 0.1) is 11.8 Å². The number of nitrogens with zero attached hydrogens (tertiary/aromatic N) is 4. The lowest BCUT2D eigenvalue weighted by molar-refractivity contribution is -0.173. The number of carbonyl (C=O) groups excluding carboxylic acids is 1. The zero-order chi connectivity index (χ0) is 35.7. The van der Waals surface area contributed by atoms with Gasteiger partial charge in [-0.05, 0) is 13.8 Å². The molecule has 19 heteroatoms. The van der Waals surface area contributed by atoms with E-state index >= 15 is 0 Å². The van der Waals surface area contributed by atoms with Gasteiger partial charge in [-0.3, -0.25) is 14.6 Å². The number of alkyl halides is 3. The number of aromatic amines is 1. The normalized spacial score (nSPS) is 18.8. The van der Waals surface area contributed by atoms with E-state index in [4.69, 9.17) is 14.2 Å².